The average molecular weight is 389 g/mol. The molecule has 0 N–H and O–H groups in total. The van der Waals surface area contributed by atoms with Crippen molar-refractivity contribution in [3.8, 4) is 0 Å². The van der Waals surface area contributed by atoms with Crippen LogP contribution in [-0.4, -0.2) is 37.3 Å². The molecule has 1 aliphatic carbocycles. The molecule has 5 aliphatic rings. The van der Waals surface area contributed by atoms with Crippen molar-refractivity contribution in [1.29, 1.82) is 0 Å². The number of hydrogen-bond donors (Lipinski definition) is 0. The van der Waals surface area contributed by atoms with Crippen molar-refractivity contribution in [2.45, 2.75) is 89.3 Å². The third-order valence-corrected chi connectivity index (χ3v) is 9.34. The monoisotopic (exact) mass is 388 g/mol. The second-order valence-corrected chi connectivity index (χ2v) is 11.2. The standard InChI is InChI=1S/C19H32O6S/c1-5-6-11-26(20,21)16-13(3)15-8-7-12(2)14-9-10-18(4)23-17(22-16)19(14,15)25-24-18/h12-17H,5-11H2,1-4H3/t12-,13-,14+,15+,16-,17-,18-,19-/m1/s1. The van der Waals surface area contributed by atoms with Gasteiger partial charge in [-0.05, 0) is 44.4 Å². The predicted octanol–water partition coefficient (Wildman–Crippen LogP) is 3.41. The molecular weight excluding hydrogens is 356 g/mol. The summed E-state index contributed by atoms with van der Waals surface area (Å²) in [6.07, 6.45) is 4.51. The van der Waals surface area contributed by atoms with E-state index in [0.717, 1.165) is 32.1 Å². The molecular formula is C19H32O6S. The summed E-state index contributed by atoms with van der Waals surface area (Å²) in [4.78, 5) is 11.8. The van der Waals surface area contributed by atoms with E-state index in [1.807, 2.05) is 20.8 Å². The van der Waals surface area contributed by atoms with Gasteiger partial charge in [-0.3, -0.25) is 0 Å². The molecule has 150 valence electrons. The lowest BCUT2D eigenvalue weighted by molar-refractivity contribution is -0.568. The Morgan fingerprint density at radius 3 is 2.58 bits per heavy atom. The fourth-order valence-corrected chi connectivity index (χ4v) is 7.78. The number of fused-ring (bicyclic) bond motifs is 2. The van der Waals surface area contributed by atoms with Crippen LogP contribution < -0.4 is 0 Å². The van der Waals surface area contributed by atoms with E-state index in [1.165, 1.54) is 0 Å². The van der Waals surface area contributed by atoms with Crippen LogP contribution in [0.2, 0.25) is 0 Å². The molecule has 26 heavy (non-hydrogen) atoms. The van der Waals surface area contributed by atoms with Crippen LogP contribution in [0.3, 0.4) is 0 Å². The molecule has 5 rings (SSSR count). The number of sulfone groups is 1. The van der Waals surface area contributed by atoms with Crippen LogP contribution in [-0.2, 0) is 29.1 Å². The fraction of sp³-hybridized carbons (Fsp3) is 1.00. The summed E-state index contributed by atoms with van der Waals surface area (Å²) in [5, 5.41) is 0. The van der Waals surface area contributed by atoms with Gasteiger partial charge in [0.05, 0.1) is 5.75 Å². The van der Waals surface area contributed by atoms with Crippen LogP contribution in [0.25, 0.3) is 0 Å². The summed E-state index contributed by atoms with van der Waals surface area (Å²) >= 11 is 0. The van der Waals surface area contributed by atoms with Gasteiger partial charge in [-0.15, -0.1) is 0 Å². The zero-order chi connectivity index (χ0) is 18.7. The minimum Gasteiger partial charge on any atom is -0.330 e. The Morgan fingerprint density at radius 2 is 1.85 bits per heavy atom. The van der Waals surface area contributed by atoms with Crippen molar-refractivity contribution >= 4 is 9.84 Å². The molecule has 6 nitrogen and oxygen atoms in total. The van der Waals surface area contributed by atoms with Crippen molar-refractivity contribution in [1.82, 2.24) is 0 Å². The van der Waals surface area contributed by atoms with Gasteiger partial charge in [0, 0.05) is 18.3 Å². The summed E-state index contributed by atoms with van der Waals surface area (Å²) in [5.41, 5.74) is -1.51. The molecule has 0 unspecified atom stereocenters. The Labute approximate surface area is 156 Å². The van der Waals surface area contributed by atoms with Gasteiger partial charge in [0.15, 0.2) is 27.2 Å². The number of hydrogen-bond acceptors (Lipinski definition) is 6. The molecule has 5 fully saturated rings. The van der Waals surface area contributed by atoms with Gasteiger partial charge < -0.3 is 9.47 Å². The Hall–Kier alpha value is -0.210. The molecule has 0 amide bonds. The van der Waals surface area contributed by atoms with Gasteiger partial charge in [-0.25, -0.2) is 18.2 Å². The third-order valence-electron chi connectivity index (χ3n) is 7.23. The highest BCUT2D eigenvalue weighted by Crippen LogP contribution is 2.60. The van der Waals surface area contributed by atoms with Gasteiger partial charge in [0.1, 0.15) is 0 Å². The first-order valence-electron chi connectivity index (χ1n) is 10.1. The second kappa shape index (κ2) is 6.41. The molecule has 2 bridgehead atoms. The van der Waals surface area contributed by atoms with Gasteiger partial charge in [0.25, 0.3) is 0 Å². The largest absolute Gasteiger partial charge is 0.330 e. The maximum atomic E-state index is 13.0. The highest BCUT2D eigenvalue weighted by molar-refractivity contribution is 7.91. The number of ether oxygens (including phenoxy) is 2. The Balaban J connectivity index is 1.73. The topological polar surface area (TPSA) is 71.1 Å². The molecule has 0 aromatic rings. The van der Waals surface area contributed by atoms with E-state index in [0.29, 0.717) is 12.3 Å². The van der Waals surface area contributed by atoms with E-state index < -0.39 is 33.0 Å². The minimum atomic E-state index is -3.35. The highest BCUT2D eigenvalue weighted by Gasteiger charge is 2.70. The highest BCUT2D eigenvalue weighted by atomic mass is 32.2. The van der Waals surface area contributed by atoms with Gasteiger partial charge in [-0.2, -0.15) is 0 Å². The minimum absolute atomic E-state index is 0.0616. The third kappa shape index (κ3) is 2.69. The van der Waals surface area contributed by atoms with Crippen molar-refractivity contribution in [2.24, 2.45) is 23.7 Å². The summed E-state index contributed by atoms with van der Waals surface area (Å²) in [6.45, 7) is 8.12. The van der Waals surface area contributed by atoms with E-state index >= 15 is 0 Å². The average Bonchev–Trinajstić information content (AvgIpc) is 2.82. The maximum Gasteiger partial charge on any atom is 0.201 e. The SMILES string of the molecule is CCCCS(=O)(=O)[C@H]1O[C@@H]2O[C@@]3(C)CC[C@H]4[C@H](C)CC[C@@H]([C@H]1C)[C@@]24OO3. The molecule has 4 saturated heterocycles. The predicted molar refractivity (Wildman–Crippen MR) is 95.5 cm³/mol. The second-order valence-electron chi connectivity index (χ2n) is 8.99. The van der Waals surface area contributed by atoms with Gasteiger partial charge in [-0.1, -0.05) is 27.2 Å². The van der Waals surface area contributed by atoms with Crippen LogP contribution >= 0.6 is 0 Å². The van der Waals surface area contributed by atoms with E-state index in [4.69, 9.17) is 19.2 Å². The first-order valence-corrected chi connectivity index (χ1v) is 11.9. The molecule has 0 aromatic heterocycles. The lowest BCUT2D eigenvalue weighted by atomic mass is 9.58. The Morgan fingerprint density at radius 1 is 1.08 bits per heavy atom. The molecule has 0 aromatic carbocycles. The molecule has 7 heteroatoms. The maximum absolute atomic E-state index is 13.0. The molecule has 8 atom stereocenters. The smallest absolute Gasteiger partial charge is 0.201 e. The van der Waals surface area contributed by atoms with Crippen molar-refractivity contribution in [3.05, 3.63) is 0 Å². The van der Waals surface area contributed by atoms with Crippen LogP contribution in [0.1, 0.15) is 66.2 Å². The van der Waals surface area contributed by atoms with Crippen LogP contribution in [0.5, 0.6) is 0 Å². The first-order chi connectivity index (χ1) is 12.2. The normalized spacial score (nSPS) is 50.9. The van der Waals surface area contributed by atoms with Crippen LogP contribution in [0.15, 0.2) is 0 Å². The van der Waals surface area contributed by atoms with Crippen LogP contribution in [0.4, 0.5) is 0 Å². The molecule has 4 aliphatic heterocycles. The quantitative estimate of drug-likeness (QED) is 0.688. The van der Waals surface area contributed by atoms with E-state index in [1.54, 1.807) is 0 Å². The fourth-order valence-electron chi connectivity index (χ4n) is 5.74. The molecule has 1 saturated carbocycles. The van der Waals surface area contributed by atoms with E-state index in [2.05, 4.69) is 6.92 Å². The number of unbranched alkanes of at least 4 members (excludes halogenated alkanes) is 1. The van der Waals surface area contributed by atoms with Gasteiger partial charge >= 0.3 is 0 Å². The summed E-state index contributed by atoms with van der Waals surface area (Å²) < 4.78 is 38.4. The van der Waals surface area contributed by atoms with Gasteiger partial charge in [0.2, 0.25) is 5.79 Å². The number of rotatable bonds is 4. The Bertz CT molecular complexity index is 650. The van der Waals surface area contributed by atoms with E-state index in [-0.39, 0.29) is 23.5 Å². The lowest BCUT2D eigenvalue weighted by Crippen LogP contribution is -2.71. The summed E-state index contributed by atoms with van der Waals surface area (Å²) in [5.74, 6) is -0.0399. The zero-order valence-corrected chi connectivity index (χ0v) is 17.1. The van der Waals surface area contributed by atoms with Crippen molar-refractivity contribution < 1.29 is 27.7 Å². The summed E-state index contributed by atoms with van der Waals surface area (Å²) in [7, 11) is -3.35. The summed E-state index contributed by atoms with van der Waals surface area (Å²) in [6, 6.07) is 0. The van der Waals surface area contributed by atoms with Crippen molar-refractivity contribution in [2.75, 3.05) is 5.75 Å². The first kappa shape index (κ1) is 19.1. The molecule has 1 spiro atoms. The zero-order valence-electron chi connectivity index (χ0n) is 16.3. The van der Waals surface area contributed by atoms with E-state index in [9.17, 15) is 8.42 Å². The Kier molecular flexibility index (Phi) is 4.71. The molecule has 0 radical (unpaired) electrons. The van der Waals surface area contributed by atoms with Crippen LogP contribution in [0, 0.1) is 23.7 Å². The lowest BCUT2D eigenvalue weighted by Gasteiger charge is -2.60. The molecule has 4 heterocycles. The van der Waals surface area contributed by atoms with Crippen molar-refractivity contribution in [3.63, 3.8) is 0 Å².